The molecule has 0 N–H and O–H groups in total. The van der Waals surface area contributed by atoms with Gasteiger partial charge in [-0.05, 0) is 31.4 Å². The van der Waals surface area contributed by atoms with Crippen LogP contribution in [-0.4, -0.2) is 25.8 Å². The summed E-state index contributed by atoms with van der Waals surface area (Å²) in [6.45, 7) is 7.31. The number of para-hydroxylation sites is 1. The maximum atomic E-state index is 5.72. The van der Waals surface area contributed by atoms with Gasteiger partial charge in [-0.25, -0.2) is 0 Å². The molecule has 2 heteroatoms. The van der Waals surface area contributed by atoms with Crippen molar-refractivity contribution >= 4 is 5.69 Å². The highest BCUT2D eigenvalue weighted by Gasteiger charge is 2.24. The zero-order valence-electron chi connectivity index (χ0n) is 11.7. The summed E-state index contributed by atoms with van der Waals surface area (Å²) in [6, 6.07) is 9.35. The largest absolute Gasteiger partial charge is 0.380 e. The number of anilines is 1. The molecule has 0 fully saturated rings. The molecule has 2 nitrogen and oxygen atoms in total. The third-order valence-corrected chi connectivity index (χ3v) is 3.72. The summed E-state index contributed by atoms with van der Waals surface area (Å²) in [5.41, 5.74) is 2.89. The van der Waals surface area contributed by atoms with Crippen LogP contribution in [0.2, 0.25) is 0 Å². The van der Waals surface area contributed by atoms with E-state index in [0.717, 1.165) is 19.8 Å². The van der Waals surface area contributed by atoms with Crippen LogP contribution in [0.5, 0.6) is 0 Å². The summed E-state index contributed by atoms with van der Waals surface area (Å²) in [5.74, 6) is 0. The van der Waals surface area contributed by atoms with Crippen molar-refractivity contribution in [2.75, 3.05) is 24.7 Å². The molecule has 0 saturated heterocycles. The Labute approximate surface area is 111 Å². The minimum absolute atomic E-state index is 0.613. The van der Waals surface area contributed by atoms with E-state index in [1.54, 1.807) is 0 Å². The lowest BCUT2D eigenvalue weighted by molar-refractivity contribution is 0.135. The van der Waals surface area contributed by atoms with Gasteiger partial charge in [-0.3, -0.25) is 0 Å². The van der Waals surface area contributed by atoms with Crippen LogP contribution >= 0.6 is 0 Å². The molecule has 0 spiro atoms. The normalized spacial score (nSPS) is 18.1. The van der Waals surface area contributed by atoms with E-state index < -0.39 is 0 Å². The van der Waals surface area contributed by atoms with Gasteiger partial charge in [0.1, 0.15) is 0 Å². The van der Waals surface area contributed by atoms with E-state index >= 15 is 0 Å². The molecule has 1 aliphatic heterocycles. The van der Waals surface area contributed by atoms with Crippen LogP contribution in [0.1, 0.15) is 38.7 Å². The van der Waals surface area contributed by atoms with Crippen molar-refractivity contribution in [2.24, 2.45) is 0 Å². The summed E-state index contributed by atoms with van der Waals surface area (Å²) >= 11 is 0. The fourth-order valence-corrected chi connectivity index (χ4v) is 2.69. The molecule has 18 heavy (non-hydrogen) atoms. The number of nitrogens with zero attached hydrogens (tertiary/aromatic N) is 1. The Kier molecular flexibility index (Phi) is 5.06. The molecule has 1 unspecified atom stereocenters. The quantitative estimate of drug-likeness (QED) is 0.682. The first kappa shape index (κ1) is 13.4. The fourth-order valence-electron chi connectivity index (χ4n) is 2.69. The Bertz CT molecular complexity index is 364. The predicted octanol–water partition coefficient (Wildman–Crippen LogP) is 3.64. The van der Waals surface area contributed by atoms with Crippen molar-refractivity contribution in [1.82, 2.24) is 0 Å². The molecule has 0 aromatic heterocycles. The second kappa shape index (κ2) is 6.79. The average Bonchev–Trinajstić information content (AvgIpc) is 2.70. The molecule has 1 aromatic carbocycles. The van der Waals surface area contributed by atoms with Gasteiger partial charge in [-0.2, -0.15) is 0 Å². The maximum absolute atomic E-state index is 5.72. The summed E-state index contributed by atoms with van der Waals surface area (Å²) in [6.07, 6.45) is 4.91. The van der Waals surface area contributed by atoms with E-state index in [4.69, 9.17) is 4.74 Å². The van der Waals surface area contributed by atoms with Crippen LogP contribution in [0.15, 0.2) is 24.3 Å². The zero-order chi connectivity index (χ0) is 12.8. The maximum Gasteiger partial charge on any atom is 0.0641 e. The lowest BCUT2D eigenvalue weighted by Gasteiger charge is -2.24. The number of unbranched alkanes of at least 4 members (excludes halogenated alkanes) is 2. The van der Waals surface area contributed by atoms with Gasteiger partial charge in [0.25, 0.3) is 0 Å². The van der Waals surface area contributed by atoms with Gasteiger partial charge in [-0.15, -0.1) is 0 Å². The molecule has 0 aliphatic carbocycles. The molecule has 1 atom stereocenters. The van der Waals surface area contributed by atoms with Gasteiger partial charge in [0.15, 0.2) is 0 Å². The van der Waals surface area contributed by atoms with E-state index in [-0.39, 0.29) is 0 Å². The molecule has 1 aromatic rings. The van der Waals surface area contributed by atoms with Gasteiger partial charge in [-0.1, -0.05) is 38.0 Å². The van der Waals surface area contributed by atoms with Crippen molar-refractivity contribution in [2.45, 2.75) is 45.6 Å². The van der Waals surface area contributed by atoms with Gasteiger partial charge in [0, 0.05) is 24.9 Å². The van der Waals surface area contributed by atoms with E-state index in [1.807, 2.05) is 0 Å². The van der Waals surface area contributed by atoms with Gasteiger partial charge in [0.05, 0.1) is 6.61 Å². The van der Waals surface area contributed by atoms with Gasteiger partial charge < -0.3 is 9.64 Å². The van der Waals surface area contributed by atoms with Crippen LogP contribution < -0.4 is 4.90 Å². The predicted molar refractivity (Wildman–Crippen MR) is 77.3 cm³/mol. The van der Waals surface area contributed by atoms with Gasteiger partial charge >= 0.3 is 0 Å². The van der Waals surface area contributed by atoms with Gasteiger partial charge in [0.2, 0.25) is 0 Å². The number of fused-ring (bicyclic) bond motifs is 1. The first-order valence-electron chi connectivity index (χ1n) is 7.25. The minimum atomic E-state index is 0.613. The molecule has 0 radical (unpaired) electrons. The van der Waals surface area contributed by atoms with Crippen LogP contribution in [0.4, 0.5) is 5.69 Å². The lowest BCUT2D eigenvalue weighted by Crippen LogP contribution is -2.32. The summed E-state index contributed by atoms with van der Waals surface area (Å²) in [4.78, 5) is 2.48. The summed E-state index contributed by atoms with van der Waals surface area (Å²) in [7, 11) is 0. The molecule has 0 bridgehead atoms. The first-order chi connectivity index (χ1) is 8.83. The Hall–Kier alpha value is -1.02. The molecule has 0 amide bonds. The Balaban J connectivity index is 1.76. The van der Waals surface area contributed by atoms with Crippen molar-refractivity contribution in [3.05, 3.63) is 29.8 Å². The Morgan fingerprint density at radius 2 is 2.06 bits per heavy atom. The van der Waals surface area contributed by atoms with Crippen molar-refractivity contribution in [1.29, 1.82) is 0 Å². The van der Waals surface area contributed by atoms with E-state index in [2.05, 4.69) is 43.0 Å². The Morgan fingerprint density at radius 1 is 1.22 bits per heavy atom. The van der Waals surface area contributed by atoms with E-state index in [0.29, 0.717) is 6.04 Å². The van der Waals surface area contributed by atoms with Crippen molar-refractivity contribution in [3.8, 4) is 0 Å². The van der Waals surface area contributed by atoms with Crippen molar-refractivity contribution in [3.63, 3.8) is 0 Å². The first-order valence-corrected chi connectivity index (χ1v) is 7.25. The van der Waals surface area contributed by atoms with Crippen LogP contribution in [0.25, 0.3) is 0 Å². The highest BCUT2D eigenvalue weighted by molar-refractivity contribution is 5.59. The SMILES string of the molecule is CCCCCOCCN1c2ccccc2CC1C. The number of hydrogen-bond acceptors (Lipinski definition) is 2. The molecule has 0 saturated carbocycles. The highest BCUT2D eigenvalue weighted by Crippen LogP contribution is 2.31. The zero-order valence-corrected chi connectivity index (χ0v) is 11.7. The third kappa shape index (κ3) is 3.26. The molecule has 1 heterocycles. The van der Waals surface area contributed by atoms with Crippen LogP contribution in [0, 0.1) is 0 Å². The number of benzene rings is 1. The summed E-state index contributed by atoms with van der Waals surface area (Å²) < 4.78 is 5.72. The van der Waals surface area contributed by atoms with E-state index in [1.165, 1.54) is 36.9 Å². The number of hydrogen-bond donors (Lipinski definition) is 0. The van der Waals surface area contributed by atoms with E-state index in [9.17, 15) is 0 Å². The van der Waals surface area contributed by atoms with Crippen molar-refractivity contribution < 1.29 is 4.74 Å². The summed E-state index contributed by atoms with van der Waals surface area (Å²) in [5, 5.41) is 0. The fraction of sp³-hybridized carbons (Fsp3) is 0.625. The van der Waals surface area contributed by atoms with Crippen LogP contribution in [-0.2, 0) is 11.2 Å². The number of ether oxygens (including phenoxy) is 1. The monoisotopic (exact) mass is 247 g/mol. The standard InChI is InChI=1S/C16H25NO/c1-3-4-7-11-18-12-10-17-14(2)13-15-8-5-6-9-16(15)17/h5-6,8-9,14H,3-4,7,10-13H2,1-2H3. The number of rotatable bonds is 7. The van der Waals surface area contributed by atoms with Crippen LogP contribution in [0.3, 0.4) is 0 Å². The average molecular weight is 247 g/mol. The minimum Gasteiger partial charge on any atom is -0.380 e. The molecular weight excluding hydrogens is 222 g/mol. The third-order valence-electron chi connectivity index (χ3n) is 3.72. The smallest absolute Gasteiger partial charge is 0.0641 e. The molecule has 100 valence electrons. The molecule has 1 aliphatic rings. The second-order valence-electron chi connectivity index (χ2n) is 5.19. The Morgan fingerprint density at radius 3 is 2.89 bits per heavy atom. The lowest BCUT2D eigenvalue weighted by atomic mass is 10.1. The second-order valence-corrected chi connectivity index (χ2v) is 5.19. The topological polar surface area (TPSA) is 12.5 Å². The highest BCUT2D eigenvalue weighted by atomic mass is 16.5. The molecular formula is C16H25NO. The molecule has 2 rings (SSSR count).